The molecule has 0 bridgehead atoms. The van der Waals surface area contributed by atoms with E-state index < -0.39 is 5.82 Å². The summed E-state index contributed by atoms with van der Waals surface area (Å²) in [6.07, 6.45) is 1.06. The Morgan fingerprint density at radius 3 is 2.61 bits per heavy atom. The van der Waals surface area contributed by atoms with Crippen molar-refractivity contribution in [3.05, 3.63) is 30.1 Å². The first-order valence-corrected chi connectivity index (χ1v) is 6.32. The van der Waals surface area contributed by atoms with Gasteiger partial charge in [0.2, 0.25) is 5.91 Å². The Kier molecular flexibility index (Phi) is 5.78. The Morgan fingerprint density at radius 1 is 1.33 bits per heavy atom. The molecule has 0 aromatic heterocycles. The van der Waals surface area contributed by atoms with Crippen molar-refractivity contribution >= 4 is 11.6 Å². The number of amides is 1. The third-order valence-electron chi connectivity index (χ3n) is 3.23. The third kappa shape index (κ3) is 4.45. The zero-order chi connectivity index (χ0) is 13.5. The van der Waals surface area contributed by atoms with Crippen molar-refractivity contribution < 1.29 is 9.18 Å². The number of rotatable bonds is 6. The van der Waals surface area contributed by atoms with Gasteiger partial charge >= 0.3 is 0 Å². The predicted octanol–water partition coefficient (Wildman–Crippen LogP) is 2.79. The molecule has 0 aliphatic heterocycles. The number of hydrogen-bond donors (Lipinski definition) is 2. The van der Waals surface area contributed by atoms with E-state index in [4.69, 9.17) is 0 Å². The minimum absolute atomic E-state index is 0.194. The van der Waals surface area contributed by atoms with Crippen LogP contribution in [-0.4, -0.2) is 18.5 Å². The van der Waals surface area contributed by atoms with E-state index in [1.807, 2.05) is 6.92 Å². The van der Waals surface area contributed by atoms with Crippen LogP contribution in [0.5, 0.6) is 0 Å². The fourth-order valence-corrected chi connectivity index (χ4v) is 1.57. The number of carbonyl (C=O) groups excluding carboxylic acids is 1. The summed E-state index contributed by atoms with van der Waals surface area (Å²) in [5, 5.41) is 5.68. The van der Waals surface area contributed by atoms with Gasteiger partial charge in [-0.2, -0.15) is 0 Å². The van der Waals surface area contributed by atoms with E-state index in [-0.39, 0.29) is 24.2 Å². The first-order valence-electron chi connectivity index (χ1n) is 6.32. The second-order valence-corrected chi connectivity index (χ2v) is 4.58. The van der Waals surface area contributed by atoms with Crippen molar-refractivity contribution in [3.8, 4) is 0 Å². The molecule has 1 rings (SSSR count). The Bertz CT molecular complexity index is 395. The fraction of sp³-hybridized carbons (Fsp3) is 0.500. The average Bonchev–Trinajstić information content (AvgIpc) is 2.37. The number of benzene rings is 1. The van der Waals surface area contributed by atoms with E-state index in [9.17, 15) is 9.18 Å². The molecule has 18 heavy (non-hydrogen) atoms. The number of nitrogens with one attached hydrogen (secondary N) is 2. The highest BCUT2D eigenvalue weighted by Crippen LogP contribution is 2.12. The molecule has 1 aromatic carbocycles. The molecule has 0 spiro atoms. The summed E-state index contributed by atoms with van der Waals surface area (Å²) in [4.78, 5) is 11.6. The van der Waals surface area contributed by atoms with Crippen molar-refractivity contribution in [1.82, 2.24) is 5.32 Å². The highest BCUT2D eigenvalue weighted by Gasteiger charge is 2.12. The van der Waals surface area contributed by atoms with Gasteiger partial charge in [0, 0.05) is 6.04 Å². The molecule has 0 fully saturated rings. The average molecular weight is 252 g/mol. The first-order chi connectivity index (χ1) is 8.54. The zero-order valence-corrected chi connectivity index (χ0v) is 11.2. The summed E-state index contributed by atoms with van der Waals surface area (Å²) >= 11 is 0. The van der Waals surface area contributed by atoms with Gasteiger partial charge in [0.25, 0.3) is 0 Å². The van der Waals surface area contributed by atoms with Crippen LogP contribution in [0.3, 0.4) is 0 Å². The molecule has 4 heteroatoms. The van der Waals surface area contributed by atoms with E-state index in [1.54, 1.807) is 18.2 Å². The van der Waals surface area contributed by atoms with Crippen molar-refractivity contribution in [1.29, 1.82) is 0 Å². The van der Waals surface area contributed by atoms with Gasteiger partial charge in [0.1, 0.15) is 5.82 Å². The normalized spacial score (nSPS) is 14.0. The van der Waals surface area contributed by atoms with Gasteiger partial charge in [-0.05, 0) is 25.0 Å². The largest absolute Gasteiger partial charge is 0.322 e. The Labute approximate surface area is 108 Å². The van der Waals surface area contributed by atoms with Crippen molar-refractivity contribution in [3.63, 3.8) is 0 Å². The Hall–Kier alpha value is -1.42. The lowest BCUT2D eigenvalue weighted by molar-refractivity contribution is -0.115. The number of halogens is 1. The highest BCUT2D eigenvalue weighted by atomic mass is 19.1. The zero-order valence-electron chi connectivity index (χ0n) is 11.2. The SMILES string of the molecule is CCC(C)C(C)NCC(=O)Nc1ccccc1F. The number of anilines is 1. The van der Waals surface area contributed by atoms with Gasteiger partial charge in [-0.1, -0.05) is 32.4 Å². The van der Waals surface area contributed by atoms with Crippen LogP contribution in [-0.2, 0) is 4.79 Å². The van der Waals surface area contributed by atoms with E-state index in [0.29, 0.717) is 5.92 Å². The molecule has 0 aliphatic carbocycles. The molecule has 3 nitrogen and oxygen atoms in total. The van der Waals surface area contributed by atoms with Crippen LogP contribution >= 0.6 is 0 Å². The van der Waals surface area contributed by atoms with Crippen LogP contribution in [0.15, 0.2) is 24.3 Å². The summed E-state index contributed by atoms with van der Waals surface area (Å²) in [5.74, 6) is -0.137. The molecule has 0 radical (unpaired) electrons. The molecular weight excluding hydrogens is 231 g/mol. The molecule has 2 unspecified atom stereocenters. The van der Waals surface area contributed by atoms with Crippen LogP contribution in [0, 0.1) is 11.7 Å². The number of hydrogen-bond acceptors (Lipinski definition) is 2. The second kappa shape index (κ2) is 7.11. The monoisotopic (exact) mass is 252 g/mol. The molecule has 1 amide bonds. The summed E-state index contributed by atoms with van der Waals surface area (Å²) in [6, 6.07) is 6.42. The van der Waals surface area contributed by atoms with E-state index in [1.165, 1.54) is 6.07 Å². The van der Waals surface area contributed by atoms with Gasteiger partial charge in [0.05, 0.1) is 12.2 Å². The summed E-state index contributed by atoms with van der Waals surface area (Å²) < 4.78 is 13.3. The predicted molar refractivity (Wildman–Crippen MR) is 71.9 cm³/mol. The van der Waals surface area contributed by atoms with Crippen molar-refractivity contribution in [2.45, 2.75) is 33.2 Å². The third-order valence-corrected chi connectivity index (χ3v) is 3.23. The molecule has 0 aliphatic rings. The molecule has 2 N–H and O–H groups in total. The smallest absolute Gasteiger partial charge is 0.238 e. The van der Waals surface area contributed by atoms with Crippen LogP contribution in [0.1, 0.15) is 27.2 Å². The standard InChI is InChI=1S/C14H21FN2O/c1-4-10(2)11(3)16-9-14(18)17-13-8-6-5-7-12(13)15/h5-8,10-11,16H,4,9H2,1-3H3,(H,17,18). The van der Waals surface area contributed by atoms with Crippen molar-refractivity contribution in [2.75, 3.05) is 11.9 Å². The lowest BCUT2D eigenvalue weighted by atomic mass is 10.0. The quantitative estimate of drug-likeness (QED) is 0.817. The van der Waals surface area contributed by atoms with Gasteiger partial charge in [-0.3, -0.25) is 4.79 Å². The lowest BCUT2D eigenvalue weighted by Crippen LogP contribution is -2.37. The summed E-state index contributed by atoms with van der Waals surface area (Å²) in [7, 11) is 0. The maximum Gasteiger partial charge on any atom is 0.238 e. The van der Waals surface area contributed by atoms with Gasteiger partial charge in [-0.25, -0.2) is 4.39 Å². The Balaban J connectivity index is 2.41. The van der Waals surface area contributed by atoms with Crippen LogP contribution in [0.25, 0.3) is 0 Å². The summed E-state index contributed by atoms with van der Waals surface area (Å²) in [5.41, 5.74) is 0.223. The first kappa shape index (κ1) is 14.6. The molecular formula is C14H21FN2O. The molecule has 0 saturated heterocycles. The maximum absolute atomic E-state index is 13.3. The van der Waals surface area contributed by atoms with Gasteiger partial charge in [-0.15, -0.1) is 0 Å². The van der Waals surface area contributed by atoms with E-state index in [2.05, 4.69) is 24.5 Å². The van der Waals surface area contributed by atoms with Crippen molar-refractivity contribution in [2.24, 2.45) is 5.92 Å². The number of para-hydroxylation sites is 1. The molecule has 0 saturated carbocycles. The van der Waals surface area contributed by atoms with Crippen LogP contribution in [0.2, 0.25) is 0 Å². The summed E-state index contributed by atoms with van der Waals surface area (Å²) in [6.45, 7) is 6.49. The van der Waals surface area contributed by atoms with E-state index >= 15 is 0 Å². The van der Waals surface area contributed by atoms with Crippen LogP contribution in [0.4, 0.5) is 10.1 Å². The van der Waals surface area contributed by atoms with E-state index in [0.717, 1.165) is 6.42 Å². The molecule has 100 valence electrons. The highest BCUT2D eigenvalue weighted by molar-refractivity contribution is 5.92. The number of carbonyl (C=O) groups is 1. The maximum atomic E-state index is 13.3. The minimum Gasteiger partial charge on any atom is -0.322 e. The minimum atomic E-state index is -0.416. The second-order valence-electron chi connectivity index (χ2n) is 4.58. The molecule has 2 atom stereocenters. The lowest BCUT2D eigenvalue weighted by Gasteiger charge is -2.19. The molecule has 1 aromatic rings. The topological polar surface area (TPSA) is 41.1 Å². The fourth-order valence-electron chi connectivity index (χ4n) is 1.57. The molecule has 0 heterocycles. The van der Waals surface area contributed by atoms with Gasteiger partial charge < -0.3 is 10.6 Å². The van der Waals surface area contributed by atoms with Gasteiger partial charge in [0.15, 0.2) is 0 Å². The Morgan fingerprint density at radius 2 is 2.00 bits per heavy atom. The van der Waals surface area contributed by atoms with Crippen LogP contribution < -0.4 is 10.6 Å².